The smallest absolute Gasteiger partial charge is 0.330 e. The molecule has 6 heteroatoms. The molecule has 1 unspecified atom stereocenters. The van der Waals surface area contributed by atoms with Gasteiger partial charge in [-0.05, 0) is 37.6 Å². The van der Waals surface area contributed by atoms with Crippen molar-refractivity contribution in [1.82, 2.24) is 5.32 Å². The molecule has 0 aliphatic rings. The van der Waals surface area contributed by atoms with E-state index in [1.807, 2.05) is 18.4 Å². The first-order valence-electron chi connectivity index (χ1n) is 5.33. The summed E-state index contributed by atoms with van der Waals surface area (Å²) in [5, 5.41) is 11.4. The Morgan fingerprint density at radius 1 is 1.33 bits per heavy atom. The van der Waals surface area contributed by atoms with Gasteiger partial charge in [-0.3, -0.25) is 10.1 Å². The van der Waals surface area contributed by atoms with E-state index in [1.54, 1.807) is 30.9 Å². The van der Waals surface area contributed by atoms with E-state index in [9.17, 15) is 9.59 Å². The molecular weight excluding hydrogens is 252 g/mol. The van der Waals surface area contributed by atoms with Crippen LogP contribution in [0.25, 0.3) is 0 Å². The fourth-order valence-corrected chi connectivity index (χ4v) is 1.89. The molecule has 98 valence electrons. The van der Waals surface area contributed by atoms with Crippen molar-refractivity contribution in [2.24, 2.45) is 0 Å². The van der Waals surface area contributed by atoms with Gasteiger partial charge >= 0.3 is 5.97 Å². The van der Waals surface area contributed by atoms with Gasteiger partial charge in [0.15, 0.2) is 6.04 Å². The number of carbonyl (C=O) groups is 2. The SMILES string of the molecule is CNC(C(=O)O)C(=O)N(C)c1ccc(SC)cc1. The van der Waals surface area contributed by atoms with Gasteiger partial charge in [0.2, 0.25) is 0 Å². The summed E-state index contributed by atoms with van der Waals surface area (Å²) in [6.07, 6.45) is 1.96. The maximum Gasteiger partial charge on any atom is 0.330 e. The Morgan fingerprint density at radius 3 is 2.28 bits per heavy atom. The molecule has 0 saturated heterocycles. The summed E-state index contributed by atoms with van der Waals surface area (Å²) in [5.41, 5.74) is 0.666. The fraction of sp³-hybridized carbons (Fsp3) is 0.333. The number of aliphatic carboxylic acids is 1. The fourth-order valence-electron chi connectivity index (χ4n) is 1.48. The zero-order valence-electron chi connectivity index (χ0n) is 10.5. The lowest BCUT2D eigenvalue weighted by atomic mass is 10.2. The van der Waals surface area contributed by atoms with Crippen molar-refractivity contribution in [3.8, 4) is 0 Å². The van der Waals surface area contributed by atoms with E-state index in [2.05, 4.69) is 5.32 Å². The second-order valence-corrected chi connectivity index (χ2v) is 4.53. The number of thioether (sulfide) groups is 1. The van der Waals surface area contributed by atoms with Crippen LogP contribution >= 0.6 is 11.8 Å². The lowest BCUT2D eigenvalue weighted by Crippen LogP contribution is -2.48. The van der Waals surface area contributed by atoms with Crippen LogP contribution in [0.15, 0.2) is 29.2 Å². The van der Waals surface area contributed by atoms with Gasteiger partial charge in [0, 0.05) is 17.6 Å². The average Bonchev–Trinajstić information content (AvgIpc) is 2.38. The molecule has 0 spiro atoms. The Hall–Kier alpha value is -1.53. The van der Waals surface area contributed by atoms with Gasteiger partial charge in [-0.1, -0.05) is 0 Å². The van der Waals surface area contributed by atoms with Crippen LogP contribution in [0, 0.1) is 0 Å². The first-order valence-corrected chi connectivity index (χ1v) is 6.55. The summed E-state index contributed by atoms with van der Waals surface area (Å²) < 4.78 is 0. The van der Waals surface area contributed by atoms with E-state index in [0.29, 0.717) is 5.69 Å². The van der Waals surface area contributed by atoms with Crippen molar-refractivity contribution >= 4 is 29.3 Å². The summed E-state index contributed by atoms with van der Waals surface area (Å²) in [4.78, 5) is 25.3. The molecule has 1 atom stereocenters. The number of carbonyl (C=O) groups excluding carboxylic acids is 1. The topological polar surface area (TPSA) is 69.6 Å². The van der Waals surface area contributed by atoms with Gasteiger partial charge in [0.25, 0.3) is 5.91 Å². The average molecular weight is 268 g/mol. The summed E-state index contributed by atoms with van der Waals surface area (Å²) in [7, 11) is 3.01. The summed E-state index contributed by atoms with van der Waals surface area (Å²) in [5.74, 6) is -1.68. The minimum absolute atomic E-state index is 0.498. The second kappa shape index (κ2) is 6.42. The normalized spacial score (nSPS) is 11.9. The Morgan fingerprint density at radius 2 is 1.89 bits per heavy atom. The highest BCUT2D eigenvalue weighted by Crippen LogP contribution is 2.20. The number of rotatable bonds is 5. The number of benzene rings is 1. The van der Waals surface area contributed by atoms with Crippen LogP contribution in [0.4, 0.5) is 5.69 Å². The molecule has 1 aromatic carbocycles. The molecule has 1 rings (SSSR count). The Kier molecular flexibility index (Phi) is 5.18. The van der Waals surface area contributed by atoms with Crippen molar-refractivity contribution < 1.29 is 14.7 Å². The van der Waals surface area contributed by atoms with E-state index >= 15 is 0 Å². The monoisotopic (exact) mass is 268 g/mol. The first-order chi connectivity index (χ1) is 8.51. The Labute approximate surface area is 110 Å². The van der Waals surface area contributed by atoms with Crippen molar-refractivity contribution in [2.75, 3.05) is 25.3 Å². The predicted molar refractivity (Wildman–Crippen MR) is 72.1 cm³/mol. The molecular formula is C12H16N2O3S. The minimum atomic E-state index is -1.23. The number of anilines is 1. The van der Waals surface area contributed by atoms with Crippen molar-refractivity contribution in [3.05, 3.63) is 24.3 Å². The lowest BCUT2D eigenvalue weighted by Gasteiger charge is -2.21. The van der Waals surface area contributed by atoms with Crippen molar-refractivity contribution in [1.29, 1.82) is 0 Å². The predicted octanol–water partition coefficient (Wildman–Crippen LogP) is 1.04. The van der Waals surface area contributed by atoms with Crippen LogP contribution in [-0.4, -0.2) is 43.4 Å². The van der Waals surface area contributed by atoms with Gasteiger partial charge in [-0.25, -0.2) is 4.79 Å². The molecule has 1 amide bonds. The highest BCUT2D eigenvalue weighted by molar-refractivity contribution is 7.98. The third kappa shape index (κ3) is 3.24. The zero-order chi connectivity index (χ0) is 13.7. The van der Waals surface area contributed by atoms with Crippen LogP contribution < -0.4 is 10.2 Å². The van der Waals surface area contributed by atoms with Crippen LogP contribution in [0.3, 0.4) is 0 Å². The van der Waals surface area contributed by atoms with E-state index in [1.165, 1.54) is 11.9 Å². The molecule has 0 aromatic heterocycles. The van der Waals surface area contributed by atoms with E-state index in [-0.39, 0.29) is 0 Å². The number of likely N-dealkylation sites (N-methyl/N-ethyl adjacent to an activating group) is 2. The molecule has 0 radical (unpaired) electrons. The second-order valence-electron chi connectivity index (χ2n) is 3.66. The molecule has 0 aliphatic heterocycles. The molecule has 0 heterocycles. The van der Waals surface area contributed by atoms with Crippen molar-refractivity contribution in [2.45, 2.75) is 10.9 Å². The summed E-state index contributed by atoms with van der Waals surface area (Å²) >= 11 is 1.60. The van der Waals surface area contributed by atoms with Crippen LogP contribution in [-0.2, 0) is 9.59 Å². The molecule has 0 bridgehead atoms. The van der Waals surface area contributed by atoms with Gasteiger partial charge in [-0.15, -0.1) is 11.8 Å². The quantitative estimate of drug-likeness (QED) is 0.617. The molecule has 0 fully saturated rings. The van der Waals surface area contributed by atoms with Gasteiger partial charge in [-0.2, -0.15) is 0 Å². The number of carboxylic acid groups (broad SMARTS) is 1. The molecule has 0 saturated carbocycles. The number of hydrogen-bond donors (Lipinski definition) is 2. The number of carboxylic acids is 1. The first kappa shape index (κ1) is 14.5. The highest BCUT2D eigenvalue weighted by atomic mass is 32.2. The highest BCUT2D eigenvalue weighted by Gasteiger charge is 2.27. The Balaban J connectivity index is 2.88. The minimum Gasteiger partial charge on any atom is -0.480 e. The standard InChI is InChI=1S/C12H16N2O3S/c1-13-10(12(16)17)11(15)14(2)8-4-6-9(18-3)7-5-8/h4-7,10,13H,1-3H3,(H,16,17). The number of amides is 1. The van der Waals surface area contributed by atoms with Gasteiger partial charge in [0.05, 0.1) is 0 Å². The third-order valence-corrected chi connectivity index (χ3v) is 3.32. The molecule has 1 aromatic rings. The molecule has 0 aliphatic carbocycles. The number of hydrogen-bond acceptors (Lipinski definition) is 4. The molecule has 2 N–H and O–H groups in total. The van der Waals surface area contributed by atoms with Crippen LogP contribution in [0.5, 0.6) is 0 Å². The van der Waals surface area contributed by atoms with E-state index in [0.717, 1.165) is 4.90 Å². The largest absolute Gasteiger partial charge is 0.480 e. The van der Waals surface area contributed by atoms with Crippen LogP contribution in [0.1, 0.15) is 0 Å². The lowest BCUT2D eigenvalue weighted by molar-refractivity contribution is -0.143. The Bertz CT molecular complexity index is 433. The molecule has 18 heavy (non-hydrogen) atoms. The maximum absolute atomic E-state index is 11.9. The summed E-state index contributed by atoms with van der Waals surface area (Å²) in [6, 6.07) is 6.13. The van der Waals surface area contributed by atoms with Crippen molar-refractivity contribution in [3.63, 3.8) is 0 Å². The van der Waals surface area contributed by atoms with Gasteiger partial charge < -0.3 is 10.0 Å². The maximum atomic E-state index is 11.9. The number of nitrogens with one attached hydrogen (secondary N) is 1. The summed E-state index contributed by atoms with van der Waals surface area (Å²) in [6.45, 7) is 0. The van der Waals surface area contributed by atoms with E-state index in [4.69, 9.17) is 5.11 Å². The number of nitrogens with zero attached hydrogens (tertiary/aromatic N) is 1. The third-order valence-electron chi connectivity index (χ3n) is 2.57. The van der Waals surface area contributed by atoms with Crippen LogP contribution in [0.2, 0.25) is 0 Å². The zero-order valence-corrected chi connectivity index (χ0v) is 11.3. The van der Waals surface area contributed by atoms with Gasteiger partial charge in [0.1, 0.15) is 0 Å². The van der Waals surface area contributed by atoms with E-state index < -0.39 is 17.9 Å². The molecule has 5 nitrogen and oxygen atoms in total.